The molecule has 1 amide bonds. The molecular formula is C19H23BrClN3O2. The number of alkyl carbamates (subject to hydrolysis) is 1. The Labute approximate surface area is 167 Å². The highest BCUT2D eigenvalue weighted by Gasteiger charge is 2.15. The van der Waals surface area contributed by atoms with Crippen LogP contribution in [-0.2, 0) is 11.2 Å². The lowest BCUT2D eigenvalue weighted by Crippen LogP contribution is -2.41. The Morgan fingerprint density at radius 1 is 1.31 bits per heavy atom. The van der Waals surface area contributed by atoms with E-state index < -0.39 is 6.09 Å². The van der Waals surface area contributed by atoms with Gasteiger partial charge in [0.1, 0.15) is 5.15 Å². The van der Waals surface area contributed by atoms with Crippen LogP contribution in [0.4, 0.5) is 10.5 Å². The first-order valence-electron chi connectivity index (χ1n) is 8.46. The number of nitrogens with one attached hydrogen (secondary N) is 2. The van der Waals surface area contributed by atoms with E-state index >= 15 is 0 Å². The van der Waals surface area contributed by atoms with Crippen molar-refractivity contribution < 1.29 is 9.53 Å². The molecule has 1 aromatic carbocycles. The summed E-state index contributed by atoms with van der Waals surface area (Å²) >= 11 is 9.28. The molecule has 0 fully saturated rings. The third-order valence-electron chi connectivity index (χ3n) is 3.54. The minimum absolute atomic E-state index is 0.133. The van der Waals surface area contributed by atoms with Crippen LogP contribution in [0, 0.1) is 5.92 Å². The number of halogens is 2. The van der Waals surface area contributed by atoms with Crippen LogP contribution in [0.2, 0.25) is 5.15 Å². The first-order valence-corrected chi connectivity index (χ1v) is 9.63. The van der Waals surface area contributed by atoms with Gasteiger partial charge in [-0.05, 0) is 39.9 Å². The van der Waals surface area contributed by atoms with Crippen LogP contribution < -0.4 is 10.6 Å². The number of ether oxygens (including phenoxy) is 1. The number of hydrogen-bond donors (Lipinski definition) is 2. The molecule has 2 rings (SSSR count). The molecule has 1 atom stereocenters. The quantitative estimate of drug-likeness (QED) is 0.573. The van der Waals surface area contributed by atoms with Crippen molar-refractivity contribution in [2.24, 2.45) is 5.92 Å². The minimum atomic E-state index is -0.406. The molecule has 140 valence electrons. The molecule has 2 N–H and O–H groups in total. The topological polar surface area (TPSA) is 63.2 Å². The van der Waals surface area contributed by atoms with E-state index in [-0.39, 0.29) is 6.04 Å². The Bertz CT molecular complexity index is 713. The van der Waals surface area contributed by atoms with Gasteiger partial charge in [-0.2, -0.15) is 0 Å². The fraction of sp³-hybridized carbons (Fsp3) is 0.368. The van der Waals surface area contributed by atoms with Crippen molar-refractivity contribution in [1.29, 1.82) is 0 Å². The largest absolute Gasteiger partial charge is 0.449 e. The molecule has 0 spiro atoms. The molecule has 0 radical (unpaired) electrons. The molecular weight excluding hydrogens is 418 g/mol. The summed E-state index contributed by atoms with van der Waals surface area (Å²) < 4.78 is 5.96. The van der Waals surface area contributed by atoms with Crippen LogP contribution in [0.25, 0.3) is 0 Å². The fourth-order valence-electron chi connectivity index (χ4n) is 2.28. The van der Waals surface area contributed by atoms with Gasteiger partial charge in [-0.3, -0.25) is 0 Å². The first-order chi connectivity index (χ1) is 12.4. The fourth-order valence-corrected chi connectivity index (χ4v) is 2.73. The molecule has 0 aliphatic carbocycles. The van der Waals surface area contributed by atoms with Crippen LogP contribution in [0.5, 0.6) is 0 Å². The lowest BCUT2D eigenvalue weighted by Gasteiger charge is -2.20. The molecule has 1 heterocycles. The van der Waals surface area contributed by atoms with E-state index in [2.05, 4.69) is 31.5 Å². The number of carbonyl (C=O) groups is 1. The number of carbonyl (C=O) groups excluding carboxylic acids is 1. The first kappa shape index (κ1) is 20.5. The number of pyridine rings is 1. The van der Waals surface area contributed by atoms with E-state index in [1.807, 2.05) is 50.2 Å². The van der Waals surface area contributed by atoms with E-state index in [1.54, 1.807) is 6.20 Å². The standard InChI is InChI=1S/C19H23BrClN3O2/c1-13(2)12-26-19(25)24-16(8-14-6-4-3-5-7-14)11-22-15-9-17(20)18(21)23-10-15/h3-7,9-10,13,16,22H,8,11-12H2,1-2H3,(H,24,25)/t16-/m0/s1. The summed E-state index contributed by atoms with van der Waals surface area (Å²) in [6, 6.07) is 11.7. The molecule has 0 saturated carbocycles. The van der Waals surface area contributed by atoms with Gasteiger partial charge < -0.3 is 15.4 Å². The predicted octanol–water partition coefficient (Wildman–Crippen LogP) is 4.90. The van der Waals surface area contributed by atoms with E-state index in [0.717, 1.165) is 11.3 Å². The average Bonchev–Trinajstić information content (AvgIpc) is 2.61. The van der Waals surface area contributed by atoms with Crippen LogP contribution in [-0.4, -0.2) is 30.3 Å². The number of anilines is 1. The van der Waals surface area contributed by atoms with Gasteiger partial charge >= 0.3 is 6.09 Å². The number of nitrogens with zero attached hydrogens (tertiary/aromatic N) is 1. The molecule has 7 heteroatoms. The van der Waals surface area contributed by atoms with Gasteiger partial charge in [0.25, 0.3) is 0 Å². The second-order valence-electron chi connectivity index (χ2n) is 6.40. The zero-order valence-electron chi connectivity index (χ0n) is 14.8. The average molecular weight is 441 g/mol. The van der Waals surface area contributed by atoms with Crippen molar-refractivity contribution in [2.75, 3.05) is 18.5 Å². The highest BCUT2D eigenvalue weighted by Crippen LogP contribution is 2.22. The second-order valence-corrected chi connectivity index (χ2v) is 7.61. The summed E-state index contributed by atoms with van der Waals surface area (Å²) in [6.45, 7) is 4.93. The molecule has 26 heavy (non-hydrogen) atoms. The Morgan fingerprint density at radius 2 is 2.04 bits per heavy atom. The van der Waals surface area contributed by atoms with Gasteiger partial charge in [-0.25, -0.2) is 9.78 Å². The molecule has 1 aromatic heterocycles. The van der Waals surface area contributed by atoms with Crippen molar-refractivity contribution in [3.8, 4) is 0 Å². The van der Waals surface area contributed by atoms with Crippen molar-refractivity contribution in [2.45, 2.75) is 26.3 Å². The van der Waals surface area contributed by atoms with Crippen molar-refractivity contribution >= 4 is 39.3 Å². The lowest BCUT2D eigenvalue weighted by atomic mass is 10.1. The van der Waals surface area contributed by atoms with Crippen LogP contribution in [0.15, 0.2) is 47.1 Å². The Hall–Kier alpha value is -1.79. The summed E-state index contributed by atoms with van der Waals surface area (Å²) in [4.78, 5) is 16.2. The number of amides is 1. The lowest BCUT2D eigenvalue weighted by molar-refractivity contribution is 0.129. The van der Waals surface area contributed by atoms with Gasteiger partial charge in [0.05, 0.1) is 29.0 Å². The molecule has 0 saturated heterocycles. The third kappa shape index (κ3) is 7.22. The maximum absolute atomic E-state index is 12.1. The molecule has 0 aliphatic rings. The maximum Gasteiger partial charge on any atom is 0.407 e. The van der Waals surface area contributed by atoms with E-state index in [4.69, 9.17) is 16.3 Å². The van der Waals surface area contributed by atoms with Crippen molar-refractivity contribution in [3.63, 3.8) is 0 Å². The van der Waals surface area contributed by atoms with Gasteiger partial charge in [0.2, 0.25) is 0 Å². The smallest absolute Gasteiger partial charge is 0.407 e. The van der Waals surface area contributed by atoms with Gasteiger partial charge in [-0.15, -0.1) is 0 Å². The van der Waals surface area contributed by atoms with E-state index in [1.165, 1.54) is 0 Å². The SMILES string of the molecule is CC(C)COC(=O)N[C@H](CNc1cnc(Cl)c(Br)c1)Cc1ccccc1. The Kier molecular flexibility index (Phi) is 8.19. The predicted molar refractivity (Wildman–Crippen MR) is 109 cm³/mol. The third-order valence-corrected chi connectivity index (χ3v) is 4.68. The summed E-state index contributed by atoms with van der Waals surface area (Å²) in [5, 5.41) is 6.63. The van der Waals surface area contributed by atoms with Gasteiger partial charge in [-0.1, -0.05) is 55.8 Å². The zero-order chi connectivity index (χ0) is 18.9. The maximum atomic E-state index is 12.1. The van der Waals surface area contributed by atoms with Gasteiger partial charge in [0, 0.05) is 6.54 Å². The summed E-state index contributed by atoms with van der Waals surface area (Å²) in [7, 11) is 0. The van der Waals surface area contributed by atoms with Crippen molar-refractivity contribution in [3.05, 3.63) is 57.8 Å². The van der Waals surface area contributed by atoms with E-state index in [9.17, 15) is 4.79 Å². The van der Waals surface area contributed by atoms with Crippen LogP contribution in [0.3, 0.4) is 0 Å². The minimum Gasteiger partial charge on any atom is -0.449 e. The Morgan fingerprint density at radius 3 is 2.69 bits per heavy atom. The zero-order valence-corrected chi connectivity index (χ0v) is 17.2. The second kappa shape index (κ2) is 10.4. The van der Waals surface area contributed by atoms with Gasteiger partial charge in [0.15, 0.2) is 0 Å². The molecule has 5 nitrogen and oxygen atoms in total. The number of hydrogen-bond acceptors (Lipinski definition) is 4. The highest BCUT2D eigenvalue weighted by molar-refractivity contribution is 9.10. The monoisotopic (exact) mass is 439 g/mol. The summed E-state index contributed by atoms with van der Waals surface area (Å²) in [5.74, 6) is 0.295. The van der Waals surface area contributed by atoms with Crippen molar-refractivity contribution in [1.82, 2.24) is 10.3 Å². The summed E-state index contributed by atoms with van der Waals surface area (Å²) in [6.07, 6.45) is 1.94. The Balaban J connectivity index is 1.99. The summed E-state index contributed by atoms with van der Waals surface area (Å²) in [5.41, 5.74) is 1.95. The van der Waals surface area contributed by atoms with Crippen LogP contribution >= 0.6 is 27.5 Å². The number of benzene rings is 1. The number of aromatic nitrogens is 1. The molecule has 0 bridgehead atoms. The number of rotatable bonds is 8. The van der Waals surface area contributed by atoms with E-state index in [0.29, 0.717) is 35.1 Å². The molecule has 0 aliphatic heterocycles. The van der Waals surface area contributed by atoms with Crippen LogP contribution in [0.1, 0.15) is 19.4 Å². The molecule has 2 aromatic rings. The highest BCUT2D eigenvalue weighted by atomic mass is 79.9. The molecule has 0 unspecified atom stereocenters. The normalized spacial score (nSPS) is 11.9.